The predicted octanol–water partition coefficient (Wildman–Crippen LogP) is 1.96. The highest BCUT2D eigenvalue weighted by Gasteiger charge is 2.27. The fraction of sp³-hybridized carbons (Fsp3) is 0.615. The van der Waals surface area contributed by atoms with Gasteiger partial charge >= 0.3 is 0 Å². The van der Waals surface area contributed by atoms with Crippen LogP contribution in [0.5, 0.6) is 0 Å². The first-order valence-electron chi connectivity index (χ1n) is 6.71. The highest BCUT2D eigenvalue weighted by molar-refractivity contribution is 5.95. The van der Waals surface area contributed by atoms with Crippen molar-refractivity contribution in [1.29, 1.82) is 0 Å². The molecule has 0 aromatic carbocycles. The van der Waals surface area contributed by atoms with E-state index in [1.165, 1.54) is 32.1 Å². The van der Waals surface area contributed by atoms with Crippen LogP contribution >= 0.6 is 0 Å². The van der Waals surface area contributed by atoms with Crippen molar-refractivity contribution >= 4 is 17.4 Å². The molecule has 1 fully saturated rings. The van der Waals surface area contributed by atoms with Crippen LogP contribution in [-0.4, -0.2) is 28.5 Å². The van der Waals surface area contributed by atoms with E-state index in [9.17, 15) is 4.79 Å². The molecule has 2 heterocycles. The lowest BCUT2D eigenvalue weighted by Gasteiger charge is -2.34. The van der Waals surface area contributed by atoms with E-state index in [0.717, 1.165) is 18.1 Å². The van der Waals surface area contributed by atoms with Crippen LogP contribution in [0.4, 0.5) is 11.5 Å². The van der Waals surface area contributed by atoms with Crippen molar-refractivity contribution in [2.24, 2.45) is 0 Å². The fourth-order valence-electron chi connectivity index (χ4n) is 2.93. The summed E-state index contributed by atoms with van der Waals surface area (Å²) in [5.41, 5.74) is 0.755. The largest absolute Gasteiger partial charge is 0.351 e. The van der Waals surface area contributed by atoms with Gasteiger partial charge in [0.25, 0.3) is 0 Å². The number of amides is 1. The number of fused-ring (bicyclic) bond motifs is 1. The minimum Gasteiger partial charge on any atom is -0.351 e. The van der Waals surface area contributed by atoms with E-state index in [2.05, 4.69) is 20.2 Å². The summed E-state index contributed by atoms with van der Waals surface area (Å²) in [5.74, 6) is 0.951. The quantitative estimate of drug-likeness (QED) is 0.823. The molecule has 2 aliphatic rings. The molecule has 18 heavy (non-hydrogen) atoms. The average molecular weight is 246 g/mol. The lowest BCUT2D eigenvalue weighted by Crippen LogP contribution is -2.38. The van der Waals surface area contributed by atoms with Gasteiger partial charge in [-0.2, -0.15) is 0 Å². The van der Waals surface area contributed by atoms with Gasteiger partial charge in [0.05, 0.1) is 6.20 Å². The Morgan fingerprint density at radius 1 is 1.28 bits per heavy atom. The van der Waals surface area contributed by atoms with Gasteiger partial charge in [0, 0.05) is 19.0 Å². The van der Waals surface area contributed by atoms with Crippen LogP contribution in [0.15, 0.2) is 12.5 Å². The first-order valence-corrected chi connectivity index (χ1v) is 6.71. The van der Waals surface area contributed by atoms with E-state index in [4.69, 9.17) is 0 Å². The minimum absolute atomic E-state index is 0.0596. The zero-order valence-corrected chi connectivity index (χ0v) is 10.4. The Hall–Kier alpha value is -1.65. The van der Waals surface area contributed by atoms with E-state index in [1.807, 2.05) is 0 Å². The van der Waals surface area contributed by atoms with Gasteiger partial charge in [0.1, 0.15) is 12.0 Å². The van der Waals surface area contributed by atoms with E-state index in [0.29, 0.717) is 12.5 Å². The van der Waals surface area contributed by atoms with Gasteiger partial charge in [-0.1, -0.05) is 19.3 Å². The molecule has 0 spiro atoms. The fourth-order valence-corrected chi connectivity index (χ4v) is 2.93. The summed E-state index contributed by atoms with van der Waals surface area (Å²) in [7, 11) is 0. The summed E-state index contributed by atoms with van der Waals surface area (Å²) in [5, 5.41) is 2.89. The zero-order chi connectivity index (χ0) is 12.4. The summed E-state index contributed by atoms with van der Waals surface area (Å²) in [6.07, 6.45) is 10.1. The number of aromatic nitrogens is 2. The van der Waals surface area contributed by atoms with Crippen LogP contribution in [0.3, 0.4) is 0 Å². The molecule has 0 atom stereocenters. The number of rotatable bonds is 1. The SMILES string of the molecule is O=C1CCN(C2CCCCC2)c2ncncc2N1. The number of anilines is 2. The summed E-state index contributed by atoms with van der Waals surface area (Å²) in [4.78, 5) is 22.4. The lowest BCUT2D eigenvalue weighted by molar-refractivity contribution is -0.116. The third-order valence-electron chi connectivity index (χ3n) is 3.83. The van der Waals surface area contributed by atoms with E-state index < -0.39 is 0 Å². The zero-order valence-electron chi connectivity index (χ0n) is 10.4. The third kappa shape index (κ3) is 2.17. The Balaban J connectivity index is 1.91. The minimum atomic E-state index is 0.0596. The normalized spacial score (nSPS) is 21.1. The number of nitrogens with zero attached hydrogens (tertiary/aromatic N) is 3. The number of hydrogen-bond acceptors (Lipinski definition) is 4. The van der Waals surface area contributed by atoms with Gasteiger partial charge in [0.2, 0.25) is 5.91 Å². The summed E-state index contributed by atoms with van der Waals surface area (Å²) >= 11 is 0. The number of carbonyl (C=O) groups excluding carboxylic acids is 1. The molecule has 1 aliphatic heterocycles. The predicted molar refractivity (Wildman–Crippen MR) is 69.5 cm³/mol. The second-order valence-electron chi connectivity index (χ2n) is 5.04. The first kappa shape index (κ1) is 11.4. The molecule has 1 aromatic rings. The Morgan fingerprint density at radius 2 is 2.11 bits per heavy atom. The van der Waals surface area contributed by atoms with Crippen LogP contribution in [0, 0.1) is 0 Å². The molecule has 3 rings (SSSR count). The van der Waals surface area contributed by atoms with Crippen LogP contribution in [0.2, 0.25) is 0 Å². The van der Waals surface area contributed by atoms with Gasteiger partial charge < -0.3 is 10.2 Å². The van der Waals surface area contributed by atoms with Crippen molar-refractivity contribution in [2.45, 2.75) is 44.6 Å². The van der Waals surface area contributed by atoms with Crippen molar-refractivity contribution < 1.29 is 4.79 Å². The Labute approximate surface area is 107 Å². The molecule has 1 saturated carbocycles. The summed E-state index contributed by atoms with van der Waals surface area (Å²) < 4.78 is 0. The molecule has 5 nitrogen and oxygen atoms in total. The monoisotopic (exact) mass is 246 g/mol. The van der Waals surface area contributed by atoms with Gasteiger partial charge in [-0.3, -0.25) is 4.79 Å². The smallest absolute Gasteiger partial charge is 0.226 e. The molecule has 0 saturated heterocycles. The van der Waals surface area contributed by atoms with Crippen molar-refractivity contribution in [3.05, 3.63) is 12.5 Å². The molecule has 1 N–H and O–H groups in total. The Bertz CT molecular complexity index is 442. The number of nitrogens with one attached hydrogen (secondary N) is 1. The molecule has 1 aromatic heterocycles. The van der Waals surface area contributed by atoms with Crippen LogP contribution in [0.25, 0.3) is 0 Å². The maximum Gasteiger partial charge on any atom is 0.226 e. The van der Waals surface area contributed by atoms with Gasteiger partial charge in [-0.15, -0.1) is 0 Å². The summed E-state index contributed by atoms with van der Waals surface area (Å²) in [6, 6.07) is 0.528. The van der Waals surface area contributed by atoms with Gasteiger partial charge in [-0.25, -0.2) is 9.97 Å². The number of carbonyl (C=O) groups is 1. The standard InChI is InChI=1S/C13H18N4O/c18-12-6-7-17(10-4-2-1-3-5-10)13-11(16-12)8-14-9-15-13/h8-10H,1-7H2,(H,16,18). The van der Waals surface area contributed by atoms with Crippen LogP contribution in [0.1, 0.15) is 38.5 Å². The van der Waals surface area contributed by atoms with Gasteiger partial charge in [0.15, 0.2) is 5.82 Å². The first-order chi connectivity index (χ1) is 8.84. The molecule has 0 radical (unpaired) electrons. The topological polar surface area (TPSA) is 58.1 Å². The van der Waals surface area contributed by atoms with Crippen molar-refractivity contribution in [2.75, 3.05) is 16.8 Å². The molecule has 0 bridgehead atoms. The Kier molecular flexibility index (Phi) is 3.13. The summed E-state index contributed by atoms with van der Waals surface area (Å²) in [6.45, 7) is 0.764. The molecular weight excluding hydrogens is 228 g/mol. The Morgan fingerprint density at radius 3 is 2.94 bits per heavy atom. The highest BCUT2D eigenvalue weighted by Crippen LogP contribution is 2.31. The lowest BCUT2D eigenvalue weighted by atomic mass is 9.94. The molecule has 1 aliphatic carbocycles. The molecular formula is C13H18N4O. The maximum atomic E-state index is 11.7. The number of hydrogen-bond donors (Lipinski definition) is 1. The second kappa shape index (κ2) is 4.92. The average Bonchev–Trinajstić information content (AvgIpc) is 2.58. The molecule has 5 heteroatoms. The van der Waals surface area contributed by atoms with Gasteiger partial charge in [-0.05, 0) is 12.8 Å². The van der Waals surface area contributed by atoms with E-state index >= 15 is 0 Å². The van der Waals surface area contributed by atoms with Crippen LogP contribution < -0.4 is 10.2 Å². The van der Waals surface area contributed by atoms with Crippen molar-refractivity contribution in [3.8, 4) is 0 Å². The van der Waals surface area contributed by atoms with E-state index in [1.54, 1.807) is 12.5 Å². The molecule has 96 valence electrons. The maximum absolute atomic E-state index is 11.7. The third-order valence-corrected chi connectivity index (χ3v) is 3.83. The second-order valence-corrected chi connectivity index (χ2v) is 5.04. The van der Waals surface area contributed by atoms with Crippen LogP contribution in [-0.2, 0) is 4.79 Å². The molecule has 0 unspecified atom stereocenters. The van der Waals surface area contributed by atoms with Crippen molar-refractivity contribution in [1.82, 2.24) is 9.97 Å². The highest BCUT2D eigenvalue weighted by atomic mass is 16.1. The van der Waals surface area contributed by atoms with Crippen molar-refractivity contribution in [3.63, 3.8) is 0 Å². The molecule has 1 amide bonds. The van der Waals surface area contributed by atoms with E-state index in [-0.39, 0.29) is 5.91 Å².